The van der Waals surface area contributed by atoms with Gasteiger partial charge in [0.1, 0.15) is 0 Å². The molecule has 1 heterocycles. The lowest BCUT2D eigenvalue weighted by molar-refractivity contribution is -0.135. The first-order chi connectivity index (χ1) is 10.2. The average molecular weight is 294 g/mol. The molecule has 21 heavy (non-hydrogen) atoms. The highest BCUT2D eigenvalue weighted by Crippen LogP contribution is 2.32. The predicted octanol–water partition coefficient (Wildman–Crippen LogP) is 3.44. The van der Waals surface area contributed by atoms with Crippen LogP contribution in [0.4, 0.5) is 0 Å². The van der Waals surface area contributed by atoms with Gasteiger partial charge in [-0.25, -0.2) is 0 Å². The zero-order valence-electron chi connectivity index (χ0n) is 14.1. The van der Waals surface area contributed by atoms with Crippen LogP contribution in [-0.4, -0.2) is 37.5 Å². The Hall–Kier alpha value is -0.570. The first kappa shape index (κ1) is 16.8. The molecule has 0 aromatic rings. The summed E-state index contributed by atoms with van der Waals surface area (Å²) in [5.74, 6) is 2.23. The van der Waals surface area contributed by atoms with Crippen LogP contribution >= 0.6 is 0 Å². The average Bonchev–Trinajstić information content (AvgIpc) is 2.96. The predicted molar refractivity (Wildman–Crippen MR) is 88.2 cm³/mol. The SMILES string of the molecule is CCCC(CC1CCCCC1)C(=O)N1CCC(CNC)C1. The molecule has 1 aliphatic heterocycles. The molecule has 1 aliphatic carbocycles. The molecule has 2 atom stereocenters. The van der Waals surface area contributed by atoms with Crippen molar-refractivity contribution >= 4 is 5.91 Å². The summed E-state index contributed by atoms with van der Waals surface area (Å²) >= 11 is 0. The van der Waals surface area contributed by atoms with Crippen LogP contribution in [0.1, 0.15) is 64.7 Å². The Morgan fingerprint density at radius 3 is 2.62 bits per heavy atom. The smallest absolute Gasteiger partial charge is 0.225 e. The second-order valence-corrected chi connectivity index (χ2v) is 7.22. The second-order valence-electron chi connectivity index (χ2n) is 7.22. The van der Waals surface area contributed by atoms with Gasteiger partial charge in [0, 0.05) is 19.0 Å². The van der Waals surface area contributed by atoms with Crippen LogP contribution in [0.15, 0.2) is 0 Å². The highest BCUT2D eigenvalue weighted by Gasteiger charge is 2.31. The van der Waals surface area contributed by atoms with E-state index in [1.165, 1.54) is 38.5 Å². The first-order valence-corrected chi connectivity index (χ1v) is 9.18. The van der Waals surface area contributed by atoms with Gasteiger partial charge in [0.25, 0.3) is 0 Å². The third-order valence-corrected chi connectivity index (χ3v) is 5.42. The fourth-order valence-corrected chi connectivity index (χ4v) is 4.26. The van der Waals surface area contributed by atoms with Gasteiger partial charge in [-0.2, -0.15) is 0 Å². The maximum atomic E-state index is 12.9. The lowest BCUT2D eigenvalue weighted by atomic mass is 9.81. The molecule has 1 saturated heterocycles. The van der Waals surface area contributed by atoms with Gasteiger partial charge in [-0.3, -0.25) is 4.79 Å². The summed E-state index contributed by atoms with van der Waals surface area (Å²) < 4.78 is 0. The quantitative estimate of drug-likeness (QED) is 0.780. The number of hydrogen-bond acceptors (Lipinski definition) is 2. The van der Waals surface area contributed by atoms with Crippen molar-refractivity contribution < 1.29 is 4.79 Å². The first-order valence-electron chi connectivity index (χ1n) is 9.18. The number of rotatable bonds is 7. The maximum absolute atomic E-state index is 12.9. The summed E-state index contributed by atoms with van der Waals surface area (Å²) in [5, 5.41) is 3.25. The van der Waals surface area contributed by atoms with Crippen LogP contribution in [-0.2, 0) is 4.79 Å². The van der Waals surface area contributed by atoms with Gasteiger partial charge in [0.05, 0.1) is 0 Å². The summed E-state index contributed by atoms with van der Waals surface area (Å²) in [7, 11) is 2.01. The largest absolute Gasteiger partial charge is 0.342 e. The molecule has 2 rings (SSSR count). The number of likely N-dealkylation sites (tertiary alicyclic amines) is 1. The fraction of sp³-hybridized carbons (Fsp3) is 0.944. The third-order valence-electron chi connectivity index (χ3n) is 5.42. The van der Waals surface area contributed by atoms with E-state index in [9.17, 15) is 4.79 Å². The Morgan fingerprint density at radius 1 is 1.19 bits per heavy atom. The van der Waals surface area contributed by atoms with Crippen molar-refractivity contribution in [3.63, 3.8) is 0 Å². The van der Waals surface area contributed by atoms with Crippen molar-refractivity contribution in [2.24, 2.45) is 17.8 Å². The van der Waals surface area contributed by atoms with Gasteiger partial charge in [0.2, 0.25) is 5.91 Å². The monoisotopic (exact) mass is 294 g/mol. The zero-order valence-corrected chi connectivity index (χ0v) is 14.1. The second kappa shape index (κ2) is 8.77. The number of hydrogen-bond donors (Lipinski definition) is 1. The Labute approximate surface area is 130 Å². The van der Waals surface area contributed by atoms with Crippen LogP contribution in [0, 0.1) is 17.8 Å². The molecule has 0 aromatic heterocycles. The standard InChI is InChI=1S/C18H34N2O/c1-3-7-17(12-15-8-5-4-6-9-15)18(21)20-11-10-16(14-20)13-19-2/h15-17,19H,3-14H2,1-2H3. The van der Waals surface area contributed by atoms with E-state index in [1.54, 1.807) is 0 Å². The summed E-state index contributed by atoms with van der Waals surface area (Å²) in [5.41, 5.74) is 0. The van der Waals surface area contributed by atoms with E-state index in [0.29, 0.717) is 17.7 Å². The Morgan fingerprint density at radius 2 is 1.95 bits per heavy atom. The topological polar surface area (TPSA) is 32.3 Å². The van der Waals surface area contributed by atoms with Gasteiger partial charge in [-0.15, -0.1) is 0 Å². The van der Waals surface area contributed by atoms with Crippen molar-refractivity contribution in [1.29, 1.82) is 0 Å². The zero-order chi connectivity index (χ0) is 15.1. The molecule has 0 spiro atoms. The lowest BCUT2D eigenvalue weighted by Gasteiger charge is -2.28. The van der Waals surface area contributed by atoms with E-state index in [-0.39, 0.29) is 0 Å². The Balaban J connectivity index is 1.86. The fourth-order valence-electron chi connectivity index (χ4n) is 4.26. The van der Waals surface area contributed by atoms with Gasteiger partial charge in [-0.1, -0.05) is 45.4 Å². The molecule has 3 heteroatoms. The minimum absolute atomic E-state index is 0.298. The normalized spacial score (nSPS) is 25.2. The minimum Gasteiger partial charge on any atom is -0.342 e. The van der Waals surface area contributed by atoms with E-state index in [0.717, 1.165) is 44.8 Å². The molecule has 1 saturated carbocycles. The molecule has 1 amide bonds. The highest BCUT2D eigenvalue weighted by molar-refractivity contribution is 5.79. The van der Waals surface area contributed by atoms with E-state index < -0.39 is 0 Å². The van der Waals surface area contributed by atoms with Gasteiger partial charge >= 0.3 is 0 Å². The van der Waals surface area contributed by atoms with E-state index in [1.807, 2.05) is 7.05 Å². The molecule has 1 N–H and O–H groups in total. The Kier molecular flexibility index (Phi) is 7.01. The molecule has 122 valence electrons. The Bertz CT molecular complexity index is 312. The number of carbonyl (C=O) groups excluding carboxylic acids is 1. The number of amides is 1. The third kappa shape index (κ3) is 4.98. The van der Waals surface area contributed by atoms with Crippen molar-refractivity contribution in [3.8, 4) is 0 Å². The van der Waals surface area contributed by atoms with E-state index in [2.05, 4.69) is 17.1 Å². The maximum Gasteiger partial charge on any atom is 0.225 e. The van der Waals surface area contributed by atoms with Crippen LogP contribution in [0.3, 0.4) is 0 Å². The molecule has 0 aromatic carbocycles. The van der Waals surface area contributed by atoms with Crippen molar-refractivity contribution in [3.05, 3.63) is 0 Å². The minimum atomic E-state index is 0.298. The molecule has 2 aliphatic rings. The summed E-state index contributed by atoms with van der Waals surface area (Å²) in [6.45, 7) is 5.22. The van der Waals surface area contributed by atoms with Gasteiger partial charge in [0.15, 0.2) is 0 Å². The molecular weight excluding hydrogens is 260 g/mol. The summed E-state index contributed by atoms with van der Waals surface area (Å²) in [4.78, 5) is 15.0. The molecular formula is C18H34N2O. The number of nitrogens with one attached hydrogen (secondary N) is 1. The number of carbonyl (C=O) groups is 1. The lowest BCUT2D eigenvalue weighted by Crippen LogP contribution is -2.36. The van der Waals surface area contributed by atoms with Crippen LogP contribution in [0.2, 0.25) is 0 Å². The van der Waals surface area contributed by atoms with Crippen molar-refractivity contribution in [1.82, 2.24) is 10.2 Å². The van der Waals surface area contributed by atoms with Crippen LogP contribution in [0.25, 0.3) is 0 Å². The molecule has 2 fully saturated rings. The van der Waals surface area contributed by atoms with Crippen molar-refractivity contribution in [2.45, 2.75) is 64.7 Å². The molecule has 3 nitrogen and oxygen atoms in total. The summed E-state index contributed by atoms with van der Waals surface area (Å²) in [6, 6.07) is 0. The van der Waals surface area contributed by atoms with Crippen LogP contribution < -0.4 is 5.32 Å². The van der Waals surface area contributed by atoms with Crippen molar-refractivity contribution in [2.75, 3.05) is 26.7 Å². The van der Waals surface area contributed by atoms with Crippen LogP contribution in [0.5, 0.6) is 0 Å². The van der Waals surface area contributed by atoms with E-state index >= 15 is 0 Å². The summed E-state index contributed by atoms with van der Waals surface area (Å²) in [6.07, 6.45) is 11.4. The van der Waals surface area contributed by atoms with Gasteiger partial charge in [-0.05, 0) is 44.7 Å². The number of nitrogens with zero attached hydrogens (tertiary/aromatic N) is 1. The molecule has 2 unspecified atom stereocenters. The van der Waals surface area contributed by atoms with E-state index in [4.69, 9.17) is 0 Å². The van der Waals surface area contributed by atoms with Gasteiger partial charge < -0.3 is 10.2 Å². The molecule has 0 radical (unpaired) electrons. The molecule has 0 bridgehead atoms. The highest BCUT2D eigenvalue weighted by atomic mass is 16.2.